The van der Waals surface area contributed by atoms with E-state index in [1.165, 1.54) is 12.3 Å². The summed E-state index contributed by atoms with van der Waals surface area (Å²) in [5.41, 5.74) is 0. The van der Waals surface area contributed by atoms with Crippen LogP contribution in [0.25, 0.3) is 0 Å². The monoisotopic (exact) mass is 192 g/mol. The minimum atomic E-state index is -0.388. The minimum absolute atomic E-state index is 0.388. The van der Waals surface area contributed by atoms with Crippen LogP contribution in [0.1, 0.15) is 6.92 Å². The van der Waals surface area contributed by atoms with Gasteiger partial charge < -0.3 is 9.47 Å². The van der Waals surface area contributed by atoms with Crippen LogP contribution in [0.4, 0.5) is 0 Å². The number of carbonyl (C=O) groups is 1. The van der Waals surface area contributed by atoms with Gasteiger partial charge in [0.1, 0.15) is 12.4 Å². The normalized spacial score (nSPS) is 15.6. The van der Waals surface area contributed by atoms with Gasteiger partial charge in [-0.05, 0) is 13.0 Å². The molecule has 1 heterocycles. The SMILES string of the molecule is CC=CC=CC(=O)OC1=CCOC=C1. The fourth-order valence-electron chi connectivity index (χ4n) is 0.840. The molecule has 0 atom stereocenters. The van der Waals surface area contributed by atoms with Gasteiger partial charge in [0, 0.05) is 12.2 Å². The molecule has 0 amide bonds. The Kier molecular flexibility index (Phi) is 4.27. The number of hydrogen-bond acceptors (Lipinski definition) is 3. The van der Waals surface area contributed by atoms with Crippen molar-refractivity contribution in [3.8, 4) is 0 Å². The van der Waals surface area contributed by atoms with Crippen LogP contribution in [0.5, 0.6) is 0 Å². The van der Waals surface area contributed by atoms with Gasteiger partial charge in [0.2, 0.25) is 0 Å². The van der Waals surface area contributed by atoms with Crippen molar-refractivity contribution in [2.45, 2.75) is 6.92 Å². The predicted octanol–water partition coefficient (Wildman–Crippen LogP) is 2.09. The third-order valence-electron chi connectivity index (χ3n) is 1.46. The predicted molar refractivity (Wildman–Crippen MR) is 53.2 cm³/mol. The first-order chi connectivity index (χ1) is 6.83. The Morgan fingerprint density at radius 1 is 1.57 bits per heavy atom. The number of ether oxygens (including phenoxy) is 2. The van der Waals surface area contributed by atoms with Crippen LogP contribution in [0, 0.1) is 0 Å². The Balaban J connectivity index is 2.40. The summed E-state index contributed by atoms with van der Waals surface area (Å²) in [7, 11) is 0. The molecule has 0 bridgehead atoms. The van der Waals surface area contributed by atoms with Gasteiger partial charge in [-0.3, -0.25) is 0 Å². The lowest BCUT2D eigenvalue weighted by atomic mass is 10.4. The molecule has 0 aromatic carbocycles. The van der Waals surface area contributed by atoms with E-state index in [9.17, 15) is 4.79 Å². The van der Waals surface area contributed by atoms with Crippen molar-refractivity contribution in [2.24, 2.45) is 0 Å². The standard InChI is InChI=1S/C11H12O3/c1-2-3-4-5-11(12)14-10-6-8-13-9-7-10/h2-8H,9H2,1H3. The molecular weight excluding hydrogens is 180 g/mol. The van der Waals surface area contributed by atoms with Gasteiger partial charge in [-0.2, -0.15) is 0 Å². The molecule has 3 nitrogen and oxygen atoms in total. The number of allylic oxidation sites excluding steroid dienone is 4. The van der Waals surface area contributed by atoms with Crippen molar-refractivity contribution < 1.29 is 14.3 Å². The molecule has 0 aromatic rings. The Bertz CT molecular complexity index is 308. The Morgan fingerprint density at radius 3 is 3.07 bits per heavy atom. The highest BCUT2D eigenvalue weighted by molar-refractivity contribution is 5.83. The lowest BCUT2D eigenvalue weighted by molar-refractivity contribution is -0.133. The molecular formula is C11H12O3. The van der Waals surface area contributed by atoms with Crippen molar-refractivity contribution in [1.29, 1.82) is 0 Å². The average Bonchev–Trinajstić information content (AvgIpc) is 2.20. The zero-order valence-electron chi connectivity index (χ0n) is 7.97. The van der Waals surface area contributed by atoms with Crippen LogP contribution in [0.15, 0.2) is 48.5 Å². The molecule has 0 unspecified atom stereocenters. The first-order valence-electron chi connectivity index (χ1n) is 4.32. The molecule has 0 spiro atoms. The zero-order chi connectivity index (χ0) is 10.2. The summed E-state index contributed by atoms with van der Waals surface area (Å²) in [4.78, 5) is 11.1. The Labute approximate surface area is 83.0 Å². The van der Waals surface area contributed by atoms with Gasteiger partial charge in [-0.15, -0.1) is 0 Å². The van der Waals surface area contributed by atoms with E-state index in [4.69, 9.17) is 9.47 Å². The quantitative estimate of drug-likeness (QED) is 0.390. The van der Waals surface area contributed by atoms with Gasteiger partial charge in [-0.1, -0.05) is 18.2 Å². The third kappa shape index (κ3) is 3.76. The van der Waals surface area contributed by atoms with E-state index in [2.05, 4.69) is 0 Å². The second kappa shape index (κ2) is 5.80. The van der Waals surface area contributed by atoms with E-state index < -0.39 is 0 Å². The first-order valence-corrected chi connectivity index (χ1v) is 4.32. The van der Waals surface area contributed by atoms with Gasteiger partial charge >= 0.3 is 5.97 Å². The molecule has 14 heavy (non-hydrogen) atoms. The van der Waals surface area contributed by atoms with Gasteiger partial charge in [0.15, 0.2) is 0 Å². The summed E-state index contributed by atoms with van der Waals surface area (Å²) in [6, 6.07) is 0. The van der Waals surface area contributed by atoms with Crippen LogP contribution in [-0.2, 0) is 14.3 Å². The number of esters is 1. The lowest BCUT2D eigenvalue weighted by Crippen LogP contribution is -2.02. The summed E-state index contributed by atoms with van der Waals surface area (Å²) in [5, 5.41) is 0. The number of carbonyl (C=O) groups excluding carboxylic acids is 1. The van der Waals surface area contributed by atoms with Crippen molar-refractivity contribution in [3.63, 3.8) is 0 Å². The van der Waals surface area contributed by atoms with Crippen LogP contribution >= 0.6 is 0 Å². The third-order valence-corrected chi connectivity index (χ3v) is 1.46. The lowest BCUT2D eigenvalue weighted by Gasteiger charge is -2.06. The first kappa shape index (κ1) is 10.3. The summed E-state index contributed by atoms with van der Waals surface area (Å²) in [5.74, 6) is 0.132. The van der Waals surface area contributed by atoms with Crippen LogP contribution in [-0.4, -0.2) is 12.6 Å². The highest BCUT2D eigenvalue weighted by atomic mass is 16.5. The summed E-state index contributed by atoms with van der Waals surface area (Å²) < 4.78 is 9.87. The van der Waals surface area contributed by atoms with Gasteiger partial charge in [-0.25, -0.2) is 4.79 Å². The second-order valence-electron chi connectivity index (χ2n) is 2.55. The van der Waals surface area contributed by atoms with Gasteiger partial charge in [0.05, 0.1) is 6.26 Å². The molecule has 0 saturated carbocycles. The highest BCUT2D eigenvalue weighted by Gasteiger charge is 2.02. The van der Waals surface area contributed by atoms with E-state index in [-0.39, 0.29) is 5.97 Å². The van der Waals surface area contributed by atoms with E-state index in [0.29, 0.717) is 12.4 Å². The Hall–Kier alpha value is -1.77. The molecule has 1 rings (SSSR count). The largest absolute Gasteiger partial charge is 0.497 e. The van der Waals surface area contributed by atoms with Crippen molar-refractivity contribution in [2.75, 3.05) is 6.61 Å². The minimum Gasteiger partial charge on any atom is -0.497 e. The van der Waals surface area contributed by atoms with Crippen molar-refractivity contribution in [3.05, 3.63) is 48.5 Å². The van der Waals surface area contributed by atoms with Crippen molar-refractivity contribution >= 4 is 5.97 Å². The van der Waals surface area contributed by atoms with Gasteiger partial charge in [0.25, 0.3) is 0 Å². The van der Waals surface area contributed by atoms with Crippen molar-refractivity contribution in [1.82, 2.24) is 0 Å². The van der Waals surface area contributed by atoms with E-state index in [1.54, 1.807) is 24.3 Å². The molecule has 0 aromatic heterocycles. The maximum atomic E-state index is 11.1. The van der Waals surface area contributed by atoms with E-state index in [0.717, 1.165) is 0 Å². The Morgan fingerprint density at radius 2 is 2.43 bits per heavy atom. The summed E-state index contributed by atoms with van der Waals surface area (Å²) in [6.45, 7) is 2.32. The molecule has 0 aliphatic carbocycles. The maximum absolute atomic E-state index is 11.1. The second-order valence-corrected chi connectivity index (χ2v) is 2.55. The molecule has 74 valence electrons. The van der Waals surface area contributed by atoms with E-state index in [1.807, 2.05) is 13.0 Å². The molecule has 1 aliphatic rings. The molecule has 0 saturated heterocycles. The zero-order valence-corrected chi connectivity index (χ0v) is 7.97. The van der Waals surface area contributed by atoms with Crippen LogP contribution in [0.3, 0.4) is 0 Å². The topological polar surface area (TPSA) is 35.5 Å². The fraction of sp³-hybridized carbons (Fsp3) is 0.182. The molecule has 1 aliphatic heterocycles. The smallest absolute Gasteiger partial charge is 0.336 e. The number of hydrogen-bond donors (Lipinski definition) is 0. The molecule has 3 heteroatoms. The fourth-order valence-corrected chi connectivity index (χ4v) is 0.840. The van der Waals surface area contributed by atoms with E-state index >= 15 is 0 Å². The molecule has 0 fully saturated rings. The van der Waals surface area contributed by atoms with Crippen LogP contribution < -0.4 is 0 Å². The molecule has 0 N–H and O–H groups in total. The maximum Gasteiger partial charge on any atom is 0.336 e. The summed E-state index contributed by atoms with van der Waals surface area (Å²) in [6.07, 6.45) is 11.4. The summed E-state index contributed by atoms with van der Waals surface area (Å²) >= 11 is 0. The highest BCUT2D eigenvalue weighted by Crippen LogP contribution is 2.05. The average molecular weight is 192 g/mol. The van der Waals surface area contributed by atoms with Crippen LogP contribution in [0.2, 0.25) is 0 Å². The number of rotatable bonds is 3. The molecule has 0 radical (unpaired) electrons.